The largest absolute Gasteiger partial charge is 0.474 e. The van der Waals surface area contributed by atoms with Gasteiger partial charge in [-0.3, -0.25) is 4.79 Å². The molecular formula is C10H17NO3. The predicted molar refractivity (Wildman–Crippen MR) is 51.8 cm³/mol. The molecule has 14 heavy (non-hydrogen) atoms. The molecule has 1 N–H and O–H groups in total. The minimum absolute atomic E-state index is 0.599. The van der Waals surface area contributed by atoms with E-state index in [2.05, 4.69) is 6.92 Å². The number of likely N-dealkylation sites (tertiary alicyclic amines) is 1. The topological polar surface area (TPSA) is 57.6 Å². The van der Waals surface area contributed by atoms with Gasteiger partial charge in [-0.1, -0.05) is 13.3 Å². The molecule has 1 aliphatic rings. The van der Waals surface area contributed by atoms with Crippen LogP contribution in [-0.2, 0) is 9.59 Å². The number of amides is 1. The molecule has 0 saturated carbocycles. The van der Waals surface area contributed by atoms with Gasteiger partial charge in [0.2, 0.25) is 0 Å². The molecule has 0 aliphatic carbocycles. The van der Waals surface area contributed by atoms with Gasteiger partial charge in [-0.05, 0) is 25.2 Å². The van der Waals surface area contributed by atoms with Crippen molar-refractivity contribution in [2.45, 2.75) is 32.6 Å². The first-order valence-electron chi connectivity index (χ1n) is 5.17. The number of carbonyl (C=O) groups excluding carboxylic acids is 1. The fourth-order valence-corrected chi connectivity index (χ4v) is 1.91. The Morgan fingerprint density at radius 3 is 2.64 bits per heavy atom. The standard InChI is InChI=1S/C10H17NO3/c1-2-8-4-3-6-11(7-5-8)9(12)10(13)14/h8H,2-7H2,1H3,(H,13,14). The Kier molecular flexibility index (Phi) is 3.92. The molecule has 0 bridgehead atoms. The molecule has 1 heterocycles. The van der Waals surface area contributed by atoms with E-state index in [1.165, 1.54) is 4.90 Å². The Morgan fingerprint density at radius 2 is 2.07 bits per heavy atom. The Labute approximate surface area is 83.9 Å². The summed E-state index contributed by atoms with van der Waals surface area (Å²) in [5.41, 5.74) is 0. The molecule has 0 spiro atoms. The Hall–Kier alpha value is -1.06. The Balaban J connectivity index is 2.49. The van der Waals surface area contributed by atoms with Crippen LogP contribution in [0.25, 0.3) is 0 Å². The number of nitrogens with zero attached hydrogens (tertiary/aromatic N) is 1. The molecule has 0 aromatic carbocycles. The summed E-state index contributed by atoms with van der Waals surface area (Å²) in [5.74, 6) is -1.43. The van der Waals surface area contributed by atoms with Crippen molar-refractivity contribution in [2.75, 3.05) is 13.1 Å². The van der Waals surface area contributed by atoms with E-state index in [-0.39, 0.29) is 0 Å². The van der Waals surface area contributed by atoms with E-state index < -0.39 is 11.9 Å². The van der Waals surface area contributed by atoms with E-state index in [9.17, 15) is 9.59 Å². The molecular weight excluding hydrogens is 182 g/mol. The summed E-state index contributed by atoms with van der Waals surface area (Å²) in [5, 5.41) is 8.56. The zero-order chi connectivity index (χ0) is 10.6. The Bertz CT molecular complexity index is 227. The van der Waals surface area contributed by atoms with Crippen LogP contribution >= 0.6 is 0 Å². The number of hydrogen-bond acceptors (Lipinski definition) is 2. The van der Waals surface area contributed by atoms with Gasteiger partial charge in [-0.2, -0.15) is 0 Å². The van der Waals surface area contributed by atoms with Gasteiger partial charge >= 0.3 is 11.9 Å². The first kappa shape index (κ1) is 11.0. The van der Waals surface area contributed by atoms with E-state index >= 15 is 0 Å². The average molecular weight is 199 g/mol. The molecule has 1 aliphatic heterocycles. The molecule has 1 amide bonds. The van der Waals surface area contributed by atoms with Crippen LogP contribution in [0, 0.1) is 5.92 Å². The zero-order valence-electron chi connectivity index (χ0n) is 8.53. The van der Waals surface area contributed by atoms with E-state index in [4.69, 9.17) is 5.11 Å². The van der Waals surface area contributed by atoms with E-state index in [1.807, 2.05) is 0 Å². The second-order valence-corrected chi connectivity index (χ2v) is 3.80. The molecule has 0 radical (unpaired) electrons. The SMILES string of the molecule is CCC1CCCN(C(=O)C(=O)O)CC1. The van der Waals surface area contributed by atoms with Crippen LogP contribution in [0.5, 0.6) is 0 Å². The van der Waals surface area contributed by atoms with Crippen LogP contribution in [0.2, 0.25) is 0 Å². The van der Waals surface area contributed by atoms with Crippen molar-refractivity contribution in [3.63, 3.8) is 0 Å². The number of carboxylic acids is 1. The van der Waals surface area contributed by atoms with E-state index in [1.54, 1.807) is 0 Å². The lowest BCUT2D eigenvalue weighted by Gasteiger charge is -2.17. The normalized spacial score (nSPS) is 22.9. The van der Waals surface area contributed by atoms with Gasteiger partial charge < -0.3 is 10.0 Å². The van der Waals surface area contributed by atoms with Gasteiger partial charge in [0.15, 0.2) is 0 Å². The summed E-state index contributed by atoms with van der Waals surface area (Å²) in [6.45, 7) is 3.34. The fourth-order valence-electron chi connectivity index (χ4n) is 1.91. The van der Waals surface area contributed by atoms with Crippen molar-refractivity contribution in [2.24, 2.45) is 5.92 Å². The third kappa shape index (κ3) is 2.72. The van der Waals surface area contributed by atoms with Crippen LogP contribution in [-0.4, -0.2) is 35.0 Å². The van der Waals surface area contributed by atoms with Gasteiger partial charge in [0, 0.05) is 13.1 Å². The van der Waals surface area contributed by atoms with Crippen molar-refractivity contribution in [1.82, 2.24) is 4.90 Å². The van der Waals surface area contributed by atoms with Crippen molar-refractivity contribution in [3.8, 4) is 0 Å². The third-order valence-electron chi connectivity index (χ3n) is 2.90. The van der Waals surface area contributed by atoms with Crippen LogP contribution < -0.4 is 0 Å². The second kappa shape index (κ2) is 4.98. The van der Waals surface area contributed by atoms with Gasteiger partial charge in [-0.15, -0.1) is 0 Å². The van der Waals surface area contributed by atoms with Crippen LogP contribution in [0.4, 0.5) is 0 Å². The molecule has 1 fully saturated rings. The Morgan fingerprint density at radius 1 is 1.36 bits per heavy atom. The first-order chi connectivity index (χ1) is 6.65. The summed E-state index contributed by atoms with van der Waals surface area (Å²) in [6, 6.07) is 0. The summed E-state index contributed by atoms with van der Waals surface area (Å²) in [7, 11) is 0. The lowest BCUT2D eigenvalue weighted by molar-refractivity contribution is -0.155. The number of carbonyl (C=O) groups is 2. The van der Waals surface area contributed by atoms with Gasteiger partial charge in [0.1, 0.15) is 0 Å². The minimum Gasteiger partial charge on any atom is -0.474 e. The first-order valence-corrected chi connectivity index (χ1v) is 5.17. The van der Waals surface area contributed by atoms with Crippen LogP contribution in [0.1, 0.15) is 32.6 Å². The maximum absolute atomic E-state index is 11.2. The van der Waals surface area contributed by atoms with Crippen LogP contribution in [0.15, 0.2) is 0 Å². The van der Waals surface area contributed by atoms with Crippen molar-refractivity contribution >= 4 is 11.9 Å². The monoisotopic (exact) mass is 199 g/mol. The molecule has 1 saturated heterocycles. The maximum Gasteiger partial charge on any atom is 0.394 e. The van der Waals surface area contributed by atoms with E-state index in [0.717, 1.165) is 25.7 Å². The number of aliphatic carboxylic acids is 1. The highest BCUT2D eigenvalue weighted by Gasteiger charge is 2.23. The van der Waals surface area contributed by atoms with Gasteiger partial charge in [0.25, 0.3) is 0 Å². The number of hydrogen-bond donors (Lipinski definition) is 1. The smallest absolute Gasteiger partial charge is 0.394 e. The van der Waals surface area contributed by atoms with Crippen LogP contribution in [0.3, 0.4) is 0 Å². The average Bonchev–Trinajstić information content (AvgIpc) is 2.41. The molecule has 4 nitrogen and oxygen atoms in total. The molecule has 0 aromatic rings. The summed E-state index contributed by atoms with van der Waals surface area (Å²) in [6.07, 6.45) is 4.10. The summed E-state index contributed by atoms with van der Waals surface area (Å²) < 4.78 is 0. The predicted octanol–water partition coefficient (Wildman–Crippen LogP) is 1.11. The highest BCUT2D eigenvalue weighted by atomic mass is 16.4. The highest BCUT2D eigenvalue weighted by Crippen LogP contribution is 2.20. The highest BCUT2D eigenvalue weighted by molar-refractivity contribution is 6.31. The third-order valence-corrected chi connectivity index (χ3v) is 2.90. The second-order valence-electron chi connectivity index (χ2n) is 3.80. The van der Waals surface area contributed by atoms with Crippen molar-refractivity contribution < 1.29 is 14.7 Å². The molecule has 1 atom stereocenters. The fraction of sp³-hybridized carbons (Fsp3) is 0.800. The van der Waals surface area contributed by atoms with Gasteiger partial charge in [-0.25, -0.2) is 4.79 Å². The lowest BCUT2D eigenvalue weighted by atomic mass is 9.98. The number of carboxylic acid groups (broad SMARTS) is 1. The van der Waals surface area contributed by atoms with E-state index in [0.29, 0.717) is 19.0 Å². The quantitative estimate of drug-likeness (QED) is 0.643. The number of rotatable bonds is 1. The molecule has 80 valence electrons. The summed E-state index contributed by atoms with van der Waals surface area (Å²) >= 11 is 0. The van der Waals surface area contributed by atoms with Gasteiger partial charge in [0.05, 0.1) is 0 Å². The molecule has 1 rings (SSSR count). The lowest BCUT2D eigenvalue weighted by Crippen LogP contribution is -2.37. The molecule has 1 unspecified atom stereocenters. The maximum atomic E-state index is 11.2. The van der Waals surface area contributed by atoms with Crippen molar-refractivity contribution in [3.05, 3.63) is 0 Å². The molecule has 0 aromatic heterocycles. The molecule has 4 heteroatoms. The summed E-state index contributed by atoms with van der Waals surface area (Å²) in [4.78, 5) is 23.1. The minimum atomic E-state index is -1.33. The zero-order valence-corrected chi connectivity index (χ0v) is 8.53. The van der Waals surface area contributed by atoms with Crippen molar-refractivity contribution in [1.29, 1.82) is 0 Å².